The molecule has 2 atom stereocenters. The van der Waals surface area contributed by atoms with E-state index in [0.29, 0.717) is 29.6 Å². The molecule has 6 nitrogen and oxygen atoms in total. The van der Waals surface area contributed by atoms with Crippen molar-refractivity contribution in [1.82, 2.24) is 4.90 Å². The van der Waals surface area contributed by atoms with Crippen LogP contribution in [-0.4, -0.2) is 49.5 Å². The van der Waals surface area contributed by atoms with E-state index in [0.717, 1.165) is 5.56 Å². The van der Waals surface area contributed by atoms with Gasteiger partial charge in [-0.1, -0.05) is 23.7 Å². The maximum Gasteiger partial charge on any atom is 0.325 e. The highest BCUT2D eigenvalue weighted by Gasteiger charge is 2.53. The Morgan fingerprint density at radius 3 is 2.50 bits per heavy atom. The van der Waals surface area contributed by atoms with Crippen LogP contribution in [0, 0.1) is 0 Å². The molecule has 2 aliphatic heterocycles. The number of rotatable bonds is 5. The Balaban J connectivity index is 1.66. The number of hydrogen-bond acceptors (Lipinski definition) is 4. The second-order valence-electron chi connectivity index (χ2n) is 7.05. The molecule has 0 spiro atoms. The minimum atomic E-state index is -3.21. The van der Waals surface area contributed by atoms with Crippen LogP contribution in [0.4, 0.5) is 10.5 Å². The summed E-state index contributed by atoms with van der Waals surface area (Å²) >= 11 is 6.07. The van der Waals surface area contributed by atoms with Crippen molar-refractivity contribution in [3.8, 4) is 5.75 Å². The minimum absolute atomic E-state index is 0.0164. The van der Waals surface area contributed by atoms with Gasteiger partial charge in [0.05, 0.1) is 30.2 Å². The molecule has 148 valence electrons. The molecule has 0 N–H and O–H groups in total. The van der Waals surface area contributed by atoms with Crippen molar-refractivity contribution in [2.45, 2.75) is 25.6 Å². The van der Waals surface area contributed by atoms with Crippen molar-refractivity contribution in [3.05, 3.63) is 59.1 Å². The quantitative estimate of drug-likeness (QED) is 0.696. The fraction of sp³-hybridized carbons (Fsp3) is 0.350. The smallest absolute Gasteiger partial charge is 0.325 e. The average Bonchev–Trinajstić information content (AvgIpc) is 3.07. The van der Waals surface area contributed by atoms with Crippen molar-refractivity contribution in [3.63, 3.8) is 0 Å². The van der Waals surface area contributed by atoms with Gasteiger partial charge in [-0.05, 0) is 48.9 Å². The number of carbonyl (C=O) groups excluding carboxylic acids is 1. The summed E-state index contributed by atoms with van der Waals surface area (Å²) in [5.41, 5.74) is 1.55. The van der Waals surface area contributed by atoms with Gasteiger partial charge >= 0.3 is 6.03 Å². The van der Waals surface area contributed by atoms with Crippen LogP contribution >= 0.6 is 11.6 Å². The third-order valence-corrected chi connectivity index (χ3v) is 7.08. The van der Waals surface area contributed by atoms with E-state index in [-0.39, 0.29) is 23.6 Å². The number of anilines is 1. The molecular weight excluding hydrogens is 400 g/mol. The van der Waals surface area contributed by atoms with Crippen molar-refractivity contribution in [2.24, 2.45) is 0 Å². The number of amides is 2. The lowest BCUT2D eigenvalue weighted by Gasteiger charge is -2.23. The SMILES string of the molecule is CCOc1ccc(N2C(=O)N(Cc3cccc(Cl)c3)C3CS(=O)(=O)CC32)cc1. The van der Waals surface area contributed by atoms with Crippen LogP contribution in [0.1, 0.15) is 12.5 Å². The van der Waals surface area contributed by atoms with E-state index >= 15 is 0 Å². The van der Waals surface area contributed by atoms with Crippen LogP contribution < -0.4 is 9.64 Å². The highest BCUT2D eigenvalue weighted by atomic mass is 35.5. The van der Waals surface area contributed by atoms with Crippen LogP contribution in [0.25, 0.3) is 0 Å². The zero-order valence-corrected chi connectivity index (χ0v) is 17.0. The molecule has 2 aromatic carbocycles. The molecule has 28 heavy (non-hydrogen) atoms. The Morgan fingerprint density at radius 1 is 1.11 bits per heavy atom. The summed E-state index contributed by atoms with van der Waals surface area (Å²) in [6.07, 6.45) is 0. The Kier molecular flexibility index (Phi) is 4.97. The third-order valence-electron chi connectivity index (χ3n) is 5.15. The standard InChI is InChI=1S/C20H21ClN2O4S/c1-2-27-17-8-6-16(7-9-17)23-19-13-28(25,26)12-18(19)22(20(23)24)11-14-4-3-5-15(21)10-14/h3-10,18-19H,2,11-13H2,1H3. The number of urea groups is 1. The van der Waals surface area contributed by atoms with Crippen LogP contribution in [0.3, 0.4) is 0 Å². The summed E-state index contributed by atoms with van der Waals surface area (Å²) in [4.78, 5) is 16.5. The van der Waals surface area contributed by atoms with Crippen LogP contribution in [0.2, 0.25) is 5.02 Å². The van der Waals surface area contributed by atoms with Crippen molar-refractivity contribution in [2.75, 3.05) is 23.0 Å². The van der Waals surface area contributed by atoms with Gasteiger partial charge in [0.1, 0.15) is 5.75 Å². The van der Waals surface area contributed by atoms with Gasteiger partial charge in [0.25, 0.3) is 0 Å². The van der Waals surface area contributed by atoms with Gasteiger partial charge in [-0.3, -0.25) is 4.90 Å². The summed E-state index contributed by atoms with van der Waals surface area (Å²) in [5.74, 6) is 0.671. The summed E-state index contributed by atoms with van der Waals surface area (Å²) in [7, 11) is -3.21. The molecule has 0 radical (unpaired) electrons. The fourth-order valence-corrected chi connectivity index (χ4v) is 6.13. The number of hydrogen-bond donors (Lipinski definition) is 0. The van der Waals surface area contributed by atoms with E-state index in [1.165, 1.54) is 0 Å². The largest absolute Gasteiger partial charge is 0.494 e. The van der Waals surface area contributed by atoms with Crippen LogP contribution in [0.5, 0.6) is 5.75 Å². The van der Waals surface area contributed by atoms with Gasteiger partial charge in [-0.15, -0.1) is 0 Å². The number of fused-ring (bicyclic) bond motifs is 1. The highest BCUT2D eigenvalue weighted by Crippen LogP contribution is 2.36. The van der Waals surface area contributed by atoms with E-state index in [9.17, 15) is 13.2 Å². The minimum Gasteiger partial charge on any atom is -0.494 e. The van der Waals surface area contributed by atoms with E-state index < -0.39 is 15.9 Å². The Morgan fingerprint density at radius 2 is 1.82 bits per heavy atom. The zero-order valence-electron chi connectivity index (χ0n) is 15.4. The van der Waals surface area contributed by atoms with Gasteiger partial charge in [0.15, 0.2) is 9.84 Å². The van der Waals surface area contributed by atoms with Gasteiger partial charge < -0.3 is 9.64 Å². The van der Waals surface area contributed by atoms with E-state index in [4.69, 9.17) is 16.3 Å². The molecule has 4 rings (SSSR count). The van der Waals surface area contributed by atoms with Gasteiger partial charge in [-0.2, -0.15) is 0 Å². The van der Waals surface area contributed by atoms with E-state index in [1.807, 2.05) is 19.1 Å². The number of carbonyl (C=O) groups is 1. The first-order chi connectivity index (χ1) is 13.4. The van der Waals surface area contributed by atoms with Crippen molar-refractivity contribution in [1.29, 1.82) is 0 Å². The monoisotopic (exact) mass is 420 g/mol. The predicted molar refractivity (Wildman–Crippen MR) is 109 cm³/mol. The van der Waals surface area contributed by atoms with Crippen LogP contribution in [-0.2, 0) is 16.4 Å². The van der Waals surface area contributed by atoms with E-state index in [2.05, 4.69) is 0 Å². The van der Waals surface area contributed by atoms with Crippen molar-refractivity contribution >= 4 is 33.2 Å². The van der Waals surface area contributed by atoms with Gasteiger partial charge in [-0.25, -0.2) is 13.2 Å². The normalized spacial score (nSPS) is 23.1. The molecule has 0 bridgehead atoms. The lowest BCUT2D eigenvalue weighted by molar-refractivity contribution is 0.206. The molecule has 0 aromatic heterocycles. The average molecular weight is 421 g/mol. The summed E-state index contributed by atoms with van der Waals surface area (Å²) in [6.45, 7) is 2.78. The molecule has 0 aliphatic carbocycles. The number of nitrogens with zero attached hydrogens (tertiary/aromatic N) is 2. The molecule has 2 unspecified atom stereocenters. The molecule has 2 aromatic rings. The lowest BCUT2D eigenvalue weighted by Crippen LogP contribution is -2.37. The summed E-state index contributed by atoms with van der Waals surface area (Å²) in [5, 5.41) is 0.586. The fourth-order valence-electron chi connectivity index (χ4n) is 3.97. The third kappa shape index (κ3) is 3.56. The first-order valence-electron chi connectivity index (χ1n) is 9.15. The Hall–Kier alpha value is -2.25. The van der Waals surface area contributed by atoms with E-state index in [1.54, 1.807) is 46.2 Å². The molecule has 0 saturated carbocycles. The predicted octanol–water partition coefficient (Wildman–Crippen LogP) is 3.35. The Labute approximate surface area is 169 Å². The second-order valence-corrected chi connectivity index (χ2v) is 9.64. The van der Waals surface area contributed by atoms with Crippen molar-refractivity contribution < 1.29 is 17.9 Å². The molecule has 2 heterocycles. The van der Waals surface area contributed by atoms with Crippen LogP contribution in [0.15, 0.2) is 48.5 Å². The number of halogens is 1. The number of sulfone groups is 1. The number of ether oxygens (including phenoxy) is 1. The maximum absolute atomic E-state index is 13.2. The topological polar surface area (TPSA) is 66.9 Å². The zero-order chi connectivity index (χ0) is 19.9. The summed E-state index contributed by atoms with van der Waals surface area (Å²) in [6, 6.07) is 13.5. The maximum atomic E-state index is 13.2. The number of benzene rings is 2. The molecule has 2 amide bonds. The second kappa shape index (κ2) is 7.29. The lowest BCUT2D eigenvalue weighted by atomic mass is 10.1. The Bertz CT molecular complexity index is 994. The first kappa shape index (κ1) is 19.1. The molecular formula is C20H21ClN2O4S. The molecule has 2 aliphatic rings. The summed E-state index contributed by atoms with van der Waals surface area (Å²) < 4.78 is 30.1. The molecule has 2 saturated heterocycles. The first-order valence-corrected chi connectivity index (χ1v) is 11.4. The molecule has 2 fully saturated rings. The van der Waals surface area contributed by atoms with Gasteiger partial charge in [0.2, 0.25) is 0 Å². The van der Waals surface area contributed by atoms with Gasteiger partial charge in [0, 0.05) is 17.3 Å². The highest BCUT2D eigenvalue weighted by molar-refractivity contribution is 7.91. The molecule has 8 heteroatoms.